The molecule has 0 saturated carbocycles. The predicted molar refractivity (Wildman–Crippen MR) is 97.1 cm³/mol. The van der Waals surface area contributed by atoms with Gasteiger partial charge in [0.15, 0.2) is 12.1 Å². The summed E-state index contributed by atoms with van der Waals surface area (Å²) in [6, 6.07) is 7.51. The Morgan fingerprint density at radius 2 is 1.96 bits per heavy atom. The van der Waals surface area contributed by atoms with Gasteiger partial charge >= 0.3 is 0 Å². The first kappa shape index (κ1) is 20.3. The molecule has 2 heterocycles. The Labute approximate surface area is 159 Å². The first-order valence-electron chi connectivity index (χ1n) is 9.03. The molecule has 2 saturated heterocycles. The van der Waals surface area contributed by atoms with Crippen molar-refractivity contribution in [2.24, 2.45) is 0 Å². The van der Waals surface area contributed by atoms with Gasteiger partial charge in [-0.25, -0.2) is 0 Å². The van der Waals surface area contributed by atoms with E-state index in [9.17, 15) is 10.2 Å². The molecule has 0 spiro atoms. The van der Waals surface area contributed by atoms with Gasteiger partial charge in [-0.05, 0) is 38.0 Å². The van der Waals surface area contributed by atoms with Gasteiger partial charge in [-0.1, -0.05) is 18.2 Å². The third-order valence-electron chi connectivity index (χ3n) is 4.97. The molecule has 150 valence electrons. The molecule has 7 nitrogen and oxygen atoms in total. The lowest BCUT2D eigenvalue weighted by Crippen LogP contribution is -2.55. The Balaban J connectivity index is 1.87. The summed E-state index contributed by atoms with van der Waals surface area (Å²) >= 11 is 0. The molecule has 7 heteroatoms. The first-order chi connectivity index (χ1) is 12.8. The van der Waals surface area contributed by atoms with E-state index in [2.05, 4.69) is 6.58 Å². The van der Waals surface area contributed by atoms with Crippen LogP contribution in [-0.2, 0) is 25.6 Å². The molecule has 0 aromatic heterocycles. The van der Waals surface area contributed by atoms with Crippen molar-refractivity contribution in [1.82, 2.24) is 0 Å². The normalized spacial score (nSPS) is 32.9. The monoisotopic (exact) mass is 380 g/mol. The Morgan fingerprint density at radius 3 is 2.56 bits per heavy atom. The molecule has 0 unspecified atom stereocenters. The Hall–Kier alpha value is -1.48. The fourth-order valence-corrected chi connectivity index (χ4v) is 3.71. The van der Waals surface area contributed by atoms with E-state index < -0.39 is 42.6 Å². The maximum atomic E-state index is 10.4. The molecule has 2 aliphatic heterocycles. The minimum Gasteiger partial charge on any atom is -0.497 e. The van der Waals surface area contributed by atoms with Gasteiger partial charge in [0, 0.05) is 0 Å². The van der Waals surface area contributed by atoms with Gasteiger partial charge in [0.1, 0.15) is 29.7 Å². The van der Waals surface area contributed by atoms with E-state index in [-0.39, 0.29) is 6.61 Å². The van der Waals surface area contributed by atoms with Crippen molar-refractivity contribution in [1.29, 1.82) is 0 Å². The van der Waals surface area contributed by atoms with Crippen molar-refractivity contribution in [2.45, 2.75) is 62.9 Å². The van der Waals surface area contributed by atoms with Crippen LogP contribution in [0.15, 0.2) is 36.9 Å². The van der Waals surface area contributed by atoms with Crippen LogP contribution in [0.4, 0.5) is 0 Å². The van der Waals surface area contributed by atoms with Crippen LogP contribution in [0.2, 0.25) is 0 Å². The number of aliphatic hydroxyl groups is 2. The van der Waals surface area contributed by atoms with Crippen molar-refractivity contribution < 1.29 is 33.9 Å². The SMILES string of the molecule is C=CC[C@@]1(OCc2ccc(OC)cc2)[C@@H]([C@H](O)CO)O[C@@H]2OC(C)(C)O[C@@H]21. The number of fused-ring (bicyclic) bond motifs is 1. The summed E-state index contributed by atoms with van der Waals surface area (Å²) in [5, 5.41) is 19.9. The Kier molecular flexibility index (Phi) is 5.90. The van der Waals surface area contributed by atoms with Crippen molar-refractivity contribution in [2.75, 3.05) is 13.7 Å². The number of hydrogen-bond donors (Lipinski definition) is 2. The number of rotatable bonds is 8. The molecule has 2 N–H and O–H groups in total. The molecular weight excluding hydrogens is 352 g/mol. The molecule has 1 aromatic rings. The number of ether oxygens (including phenoxy) is 5. The van der Waals surface area contributed by atoms with E-state index in [1.54, 1.807) is 27.0 Å². The fourth-order valence-electron chi connectivity index (χ4n) is 3.71. The van der Waals surface area contributed by atoms with Gasteiger partial charge in [-0.15, -0.1) is 6.58 Å². The third-order valence-corrected chi connectivity index (χ3v) is 4.97. The van der Waals surface area contributed by atoms with Crippen LogP contribution in [0.5, 0.6) is 5.75 Å². The van der Waals surface area contributed by atoms with E-state index in [0.717, 1.165) is 11.3 Å². The molecule has 1 aromatic carbocycles. The lowest BCUT2D eigenvalue weighted by Gasteiger charge is -2.39. The second-order valence-electron chi connectivity index (χ2n) is 7.32. The number of aliphatic hydroxyl groups excluding tert-OH is 2. The molecule has 0 bridgehead atoms. The zero-order valence-electron chi connectivity index (χ0n) is 16.0. The number of methoxy groups -OCH3 is 1. The standard InChI is InChI=1S/C20H28O7/c1-5-10-20(24-12-13-6-8-14(23-4)9-7-13)16(15(22)11-21)25-18-17(20)26-19(2,3)27-18/h5-9,15-18,21-22H,1,10-12H2,2-4H3/t15-,16-,17+,18-,20-/m1/s1. The minimum atomic E-state index is -1.14. The summed E-state index contributed by atoms with van der Waals surface area (Å²) in [6.45, 7) is 7.23. The summed E-state index contributed by atoms with van der Waals surface area (Å²) in [5.41, 5.74) is -0.111. The highest BCUT2D eigenvalue weighted by atomic mass is 16.8. The van der Waals surface area contributed by atoms with E-state index in [1.807, 2.05) is 24.3 Å². The minimum absolute atomic E-state index is 0.267. The highest BCUT2D eigenvalue weighted by Gasteiger charge is 2.65. The number of benzene rings is 1. The smallest absolute Gasteiger partial charge is 0.190 e. The van der Waals surface area contributed by atoms with E-state index in [0.29, 0.717) is 6.42 Å². The van der Waals surface area contributed by atoms with E-state index >= 15 is 0 Å². The average Bonchev–Trinajstić information content (AvgIpc) is 3.11. The molecule has 0 amide bonds. The van der Waals surface area contributed by atoms with E-state index in [4.69, 9.17) is 23.7 Å². The molecule has 3 rings (SSSR count). The second-order valence-corrected chi connectivity index (χ2v) is 7.32. The summed E-state index contributed by atoms with van der Waals surface area (Å²) < 4.78 is 29.3. The summed E-state index contributed by atoms with van der Waals surface area (Å²) in [6.07, 6.45) is -1.14. The highest BCUT2D eigenvalue weighted by Crippen LogP contribution is 2.48. The molecule has 27 heavy (non-hydrogen) atoms. The zero-order valence-corrected chi connectivity index (χ0v) is 16.0. The molecule has 2 aliphatic rings. The zero-order chi connectivity index (χ0) is 19.7. The van der Waals surface area contributed by atoms with Crippen LogP contribution in [-0.4, -0.2) is 59.9 Å². The lowest BCUT2D eigenvalue weighted by atomic mass is 9.85. The molecular formula is C20H28O7. The van der Waals surface area contributed by atoms with E-state index in [1.165, 1.54) is 0 Å². The van der Waals surface area contributed by atoms with Gasteiger partial charge < -0.3 is 33.9 Å². The van der Waals surface area contributed by atoms with Gasteiger partial charge in [0.25, 0.3) is 0 Å². The quantitative estimate of drug-likeness (QED) is 0.665. The van der Waals surface area contributed by atoms with Gasteiger partial charge in [0.05, 0.1) is 20.3 Å². The summed E-state index contributed by atoms with van der Waals surface area (Å²) in [5.74, 6) is -0.0768. The molecule has 5 atom stereocenters. The average molecular weight is 380 g/mol. The van der Waals surface area contributed by atoms with Crippen molar-refractivity contribution >= 4 is 0 Å². The van der Waals surface area contributed by atoms with Gasteiger partial charge in [-0.3, -0.25) is 0 Å². The van der Waals surface area contributed by atoms with Crippen molar-refractivity contribution in [3.8, 4) is 5.75 Å². The van der Waals surface area contributed by atoms with Crippen LogP contribution in [0.1, 0.15) is 25.8 Å². The van der Waals surface area contributed by atoms with Gasteiger partial charge in [0.2, 0.25) is 0 Å². The van der Waals surface area contributed by atoms with Crippen molar-refractivity contribution in [3.63, 3.8) is 0 Å². The van der Waals surface area contributed by atoms with Crippen LogP contribution in [0.25, 0.3) is 0 Å². The molecule has 0 aliphatic carbocycles. The Bertz CT molecular complexity index is 644. The maximum Gasteiger partial charge on any atom is 0.190 e. The third kappa shape index (κ3) is 3.89. The fraction of sp³-hybridized carbons (Fsp3) is 0.600. The topological polar surface area (TPSA) is 86.6 Å². The summed E-state index contributed by atoms with van der Waals surface area (Å²) in [4.78, 5) is 0. The second kappa shape index (κ2) is 7.87. The summed E-state index contributed by atoms with van der Waals surface area (Å²) in [7, 11) is 1.61. The maximum absolute atomic E-state index is 10.4. The van der Waals surface area contributed by atoms with Crippen LogP contribution in [0.3, 0.4) is 0 Å². The van der Waals surface area contributed by atoms with Crippen molar-refractivity contribution in [3.05, 3.63) is 42.5 Å². The molecule has 2 fully saturated rings. The van der Waals surface area contributed by atoms with Gasteiger partial charge in [-0.2, -0.15) is 0 Å². The van der Waals surface area contributed by atoms with Crippen LogP contribution >= 0.6 is 0 Å². The largest absolute Gasteiger partial charge is 0.497 e. The van der Waals surface area contributed by atoms with Crippen LogP contribution < -0.4 is 4.74 Å². The predicted octanol–water partition coefficient (Wildman–Crippen LogP) is 1.76. The number of hydrogen-bond acceptors (Lipinski definition) is 7. The van der Waals surface area contributed by atoms with Crippen LogP contribution in [0, 0.1) is 0 Å². The lowest BCUT2D eigenvalue weighted by molar-refractivity contribution is -0.253. The first-order valence-corrected chi connectivity index (χ1v) is 9.03. The highest BCUT2D eigenvalue weighted by molar-refractivity contribution is 5.27. The molecule has 0 radical (unpaired) electrons. The Morgan fingerprint density at radius 1 is 1.26 bits per heavy atom.